The van der Waals surface area contributed by atoms with Crippen LogP contribution in [0.3, 0.4) is 0 Å². The van der Waals surface area contributed by atoms with Crippen LogP contribution in [0.25, 0.3) is 0 Å². The number of nitrogens with zero attached hydrogens (tertiary/aromatic N) is 1. The first-order valence-electron chi connectivity index (χ1n) is 8.88. The van der Waals surface area contributed by atoms with E-state index in [0.717, 1.165) is 30.0 Å². The Bertz CT molecular complexity index is 740. The number of fused-ring (bicyclic) bond motifs is 2. The van der Waals surface area contributed by atoms with E-state index in [2.05, 4.69) is 5.32 Å². The Morgan fingerprint density at radius 2 is 1.81 bits per heavy atom. The van der Waals surface area contributed by atoms with Gasteiger partial charge < -0.3 is 11.1 Å². The summed E-state index contributed by atoms with van der Waals surface area (Å²) in [5, 5.41) is 3.16. The molecule has 2 aliphatic carbocycles. The van der Waals surface area contributed by atoms with Crippen molar-refractivity contribution in [1.82, 2.24) is 9.62 Å². The van der Waals surface area contributed by atoms with E-state index < -0.39 is 10.0 Å². The molecule has 0 saturated heterocycles. The van der Waals surface area contributed by atoms with Crippen LogP contribution in [0.2, 0.25) is 0 Å². The van der Waals surface area contributed by atoms with E-state index in [-0.39, 0.29) is 35.3 Å². The van der Waals surface area contributed by atoms with Gasteiger partial charge in [-0.3, -0.25) is 4.79 Å². The first-order valence-corrected chi connectivity index (χ1v) is 10.3. The quantitative estimate of drug-likeness (QED) is 0.806. The van der Waals surface area contributed by atoms with E-state index >= 15 is 0 Å². The van der Waals surface area contributed by atoms with Crippen LogP contribution in [0.4, 0.5) is 0 Å². The van der Waals surface area contributed by atoms with Gasteiger partial charge in [-0.2, -0.15) is 0 Å². The summed E-state index contributed by atoms with van der Waals surface area (Å²) < 4.78 is 25.7. The lowest BCUT2D eigenvalue weighted by atomic mass is 9.67. The highest BCUT2D eigenvalue weighted by Crippen LogP contribution is 2.39. The average molecular weight is 402 g/mol. The van der Waals surface area contributed by atoms with E-state index in [1.54, 1.807) is 12.1 Å². The Morgan fingerprint density at radius 1 is 1.19 bits per heavy atom. The lowest BCUT2D eigenvalue weighted by Gasteiger charge is -2.45. The van der Waals surface area contributed by atoms with Gasteiger partial charge in [0.05, 0.1) is 4.90 Å². The maximum absolute atomic E-state index is 12.7. The van der Waals surface area contributed by atoms with E-state index in [4.69, 9.17) is 5.73 Å². The molecule has 3 N–H and O–H groups in total. The second-order valence-corrected chi connectivity index (χ2v) is 9.65. The normalized spacial score (nSPS) is 28.3. The highest BCUT2D eigenvalue weighted by Gasteiger charge is 2.40. The first-order chi connectivity index (χ1) is 11.8. The highest BCUT2D eigenvalue weighted by molar-refractivity contribution is 7.89. The number of rotatable bonds is 4. The van der Waals surface area contributed by atoms with Gasteiger partial charge in [0.15, 0.2) is 0 Å². The molecule has 0 heterocycles. The number of carbonyl (C=O) groups excluding carboxylic acids is 1. The van der Waals surface area contributed by atoms with E-state index in [0.29, 0.717) is 17.4 Å². The number of hydrogen-bond acceptors (Lipinski definition) is 4. The number of sulfonamides is 1. The number of hydrogen-bond donors (Lipinski definition) is 2. The molecule has 2 bridgehead atoms. The molecule has 2 atom stereocenters. The van der Waals surface area contributed by atoms with Crippen molar-refractivity contribution in [3.05, 3.63) is 29.8 Å². The molecular weight excluding hydrogens is 374 g/mol. The number of carbonyl (C=O) groups is 1. The Labute approximate surface area is 162 Å². The lowest BCUT2D eigenvalue weighted by Crippen LogP contribution is -2.53. The van der Waals surface area contributed by atoms with E-state index in [1.807, 2.05) is 0 Å². The van der Waals surface area contributed by atoms with Crippen molar-refractivity contribution in [3.63, 3.8) is 0 Å². The number of nitrogens with two attached hydrogens (primary N) is 1. The molecule has 0 radical (unpaired) electrons. The van der Waals surface area contributed by atoms with Crippen molar-refractivity contribution in [3.8, 4) is 0 Å². The molecule has 0 spiro atoms. The zero-order valence-electron chi connectivity index (χ0n) is 15.2. The molecule has 6 nitrogen and oxygen atoms in total. The summed E-state index contributed by atoms with van der Waals surface area (Å²) >= 11 is 0. The minimum absolute atomic E-state index is 0. The number of amides is 1. The maximum atomic E-state index is 12.7. The van der Waals surface area contributed by atoms with Crippen LogP contribution >= 0.6 is 12.4 Å². The molecule has 2 aliphatic rings. The minimum Gasteiger partial charge on any atom is -0.349 e. The Morgan fingerprint density at radius 3 is 2.38 bits per heavy atom. The third-order valence-electron chi connectivity index (χ3n) is 5.55. The standard InChI is InChI=1S/C18H27N3O3S.ClH/c1-21(2)25(23,24)16-8-4-7-14(11-16)18(22)20-17-12-5-3-6-13(17)10-15(19)9-12;/h4,7-8,11-13,15,17H,3,5-6,9-10,19H2,1-2H3,(H,20,22);1H. The third kappa shape index (κ3) is 4.22. The summed E-state index contributed by atoms with van der Waals surface area (Å²) in [5.41, 5.74) is 6.53. The van der Waals surface area contributed by atoms with E-state index in [9.17, 15) is 13.2 Å². The SMILES string of the molecule is CN(C)S(=O)(=O)c1cccc(C(=O)NC2C3CCCC2CC(N)C3)c1.Cl. The fraction of sp³-hybridized carbons (Fsp3) is 0.611. The van der Waals surface area contributed by atoms with Crippen molar-refractivity contribution in [2.75, 3.05) is 14.1 Å². The van der Waals surface area contributed by atoms with Gasteiger partial charge in [0.25, 0.3) is 5.91 Å². The Hall–Kier alpha value is -1.15. The zero-order chi connectivity index (χ0) is 18.2. The molecule has 8 heteroatoms. The molecule has 146 valence electrons. The number of nitrogens with one attached hydrogen (secondary N) is 1. The summed E-state index contributed by atoms with van der Waals surface area (Å²) in [5.74, 6) is 0.661. The predicted octanol–water partition coefficient (Wildman–Crippen LogP) is 1.99. The van der Waals surface area contributed by atoms with Crippen molar-refractivity contribution < 1.29 is 13.2 Å². The molecule has 1 aromatic carbocycles. The lowest BCUT2D eigenvalue weighted by molar-refractivity contribution is 0.0756. The summed E-state index contributed by atoms with van der Waals surface area (Å²) in [6.07, 6.45) is 5.31. The smallest absolute Gasteiger partial charge is 0.251 e. The molecule has 3 rings (SSSR count). The highest BCUT2D eigenvalue weighted by atomic mass is 35.5. The Balaban J connectivity index is 0.00000243. The molecule has 1 amide bonds. The van der Waals surface area contributed by atoms with Crippen LogP contribution in [-0.2, 0) is 10.0 Å². The summed E-state index contributed by atoms with van der Waals surface area (Å²) in [4.78, 5) is 12.9. The van der Waals surface area contributed by atoms with Crippen LogP contribution in [0.5, 0.6) is 0 Å². The second-order valence-electron chi connectivity index (χ2n) is 7.50. The van der Waals surface area contributed by atoms with Crippen LogP contribution < -0.4 is 11.1 Å². The average Bonchev–Trinajstić information content (AvgIpc) is 2.55. The van der Waals surface area contributed by atoms with Crippen molar-refractivity contribution in [1.29, 1.82) is 0 Å². The predicted molar refractivity (Wildman–Crippen MR) is 104 cm³/mol. The summed E-state index contributed by atoms with van der Waals surface area (Å²) in [6, 6.07) is 6.62. The third-order valence-corrected chi connectivity index (χ3v) is 7.36. The largest absolute Gasteiger partial charge is 0.349 e. The van der Waals surface area contributed by atoms with Crippen LogP contribution in [0.15, 0.2) is 29.2 Å². The fourth-order valence-corrected chi connectivity index (χ4v) is 5.22. The van der Waals surface area contributed by atoms with Gasteiger partial charge in [0, 0.05) is 31.7 Å². The maximum Gasteiger partial charge on any atom is 0.251 e. The van der Waals surface area contributed by atoms with Crippen molar-refractivity contribution in [2.24, 2.45) is 17.6 Å². The van der Waals surface area contributed by atoms with Crippen LogP contribution in [-0.4, -0.2) is 44.8 Å². The molecule has 26 heavy (non-hydrogen) atoms. The number of halogens is 1. The summed E-state index contributed by atoms with van der Waals surface area (Å²) in [7, 11) is -0.590. The first kappa shape index (κ1) is 21.2. The van der Waals surface area contributed by atoms with Gasteiger partial charge >= 0.3 is 0 Å². The van der Waals surface area contributed by atoms with Gasteiger partial charge in [-0.15, -0.1) is 12.4 Å². The van der Waals surface area contributed by atoms with Gasteiger partial charge in [0.1, 0.15) is 0 Å². The fourth-order valence-electron chi connectivity index (χ4n) is 4.27. The molecule has 2 fully saturated rings. The van der Waals surface area contributed by atoms with E-state index in [1.165, 1.54) is 32.6 Å². The van der Waals surface area contributed by atoms with Crippen molar-refractivity contribution >= 4 is 28.3 Å². The van der Waals surface area contributed by atoms with Gasteiger partial charge in [0.2, 0.25) is 10.0 Å². The minimum atomic E-state index is -3.55. The monoisotopic (exact) mass is 401 g/mol. The number of benzene rings is 1. The summed E-state index contributed by atoms with van der Waals surface area (Å²) in [6.45, 7) is 0. The van der Waals surface area contributed by atoms with Gasteiger partial charge in [-0.05, 0) is 55.7 Å². The van der Waals surface area contributed by atoms with Crippen molar-refractivity contribution in [2.45, 2.75) is 49.1 Å². The zero-order valence-corrected chi connectivity index (χ0v) is 16.9. The van der Waals surface area contributed by atoms with Gasteiger partial charge in [-0.25, -0.2) is 12.7 Å². The second kappa shape index (κ2) is 8.25. The van der Waals surface area contributed by atoms with Crippen LogP contribution in [0.1, 0.15) is 42.5 Å². The molecular formula is C18H28ClN3O3S. The molecule has 1 aromatic rings. The molecule has 2 saturated carbocycles. The van der Waals surface area contributed by atoms with Gasteiger partial charge in [-0.1, -0.05) is 12.5 Å². The Kier molecular flexibility index (Phi) is 6.71. The molecule has 0 aliphatic heterocycles. The van der Waals surface area contributed by atoms with Crippen LogP contribution in [0, 0.1) is 11.8 Å². The topological polar surface area (TPSA) is 92.5 Å². The molecule has 0 aromatic heterocycles. The molecule has 2 unspecified atom stereocenters.